The average molecular weight is 397 g/mol. The normalized spacial score (nSPS) is 17.0. The molecule has 0 spiro atoms. The summed E-state index contributed by atoms with van der Waals surface area (Å²) in [7, 11) is 0. The average Bonchev–Trinajstić information content (AvgIpc) is 2.49. The number of anilines is 1. The third-order valence-electron chi connectivity index (χ3n) is 3.26. The van der Waals surface area contributed by atoms with Crippen molar-refractivity contribution in [2.24, 2.45) is 0 Å². The van der Waals surface area contributed by atoms with Gasteiger partial charge in [0.2, 0.25) is 0 Å². The Kier molecular flexibility index (Phi) is 3.88. The van der Waals surface area contributed by atoms with E-state index in [1.54, 1.807) is 0 Å². The lowest BCUT2D eigenvalue weighted by Crippen LogP contribution is -2.25. The van der Waals surface area contributed by atoms with E-state index in [2.05, 4.69) is 46.4 Å². The molecule has 21 heavy (non-hydrogen) atoms. The van der Waals surface area contributed by atoms with Crippen LogP contribution in [0, 0.1) is 3.57 Å². The number of fused-ring (bicyclic) bond motifs is 1. The minimum absolute atomic E-state index is 0.276. The summed E-state index contributed by atoms with van der Waals surface area (Å²) in [5, 5.41) is 0. The van der Waals surface area contributed by atoms with Crippen LogP contribution in [0.1, 0.15) is 37.4 Å². The Balaban J connectivity index is 1.95. The fourth-order valence-corrected chi connectivity index (χ4v) is 3.04. The first-order chi connectivity index (χ1) is 10.1. The van der Waals surface area contributed by atoms with Crippen molar-refractivity contribution in [3.05, 3.63) is 39.4 Å². The van der Waals surface area contributed by atoms with Gasteiger partial charge in [0, 0.05) is 0 Å². The molecule has 0 bridgehead atoms. The Labute approximate surface area is 137 Å². The first kappa shape index (κ1) is 14.4. The maximum absolute atomic E-state index is 6.01. The van der Waals surface area contributed by atoms with Crippen molar-refractivity contribution < 1.29 is 9.47 Å². The van der Waals surface area contributed by atoms with E-state index in [9.17, 15) is 0 Å². The number of benzene rings is 1. The van der Waals surface area contributed by atoms with Crippen molar-refractivity contribution in [1.29, 1.82) is 0 Å². The number of nitrogen functional groups attached to an aromatic ring is 1. The molecule has 6 heteroatoms. The van der Waals surface area contributed by atoms with Gasteiger partial charge in [-0.2, -0.15) is 0 Å². The van der Waals surface area contributed by atoms with E-state index < -0.39 is 0 Å². The zero-order valence-corrected chi connectivity index (χ0v) is 14.0. The fourth-order valence-electron chi connectivity index (χ4n) is 2.17. The van der Waals surface area contributed by atoms with Gasteiger partial charge in [0.1, 0.15) is 12.4 Å². The fraction of sp³-hybridized carbons (Fsp3) is 0.333. The van der Waals surface area contributed by atoms with E-state index in [1.807, 2.05) is 24.3 Å². The molecular weight excluding hydrogens is 381 g/mol. The van der Waals surface area contributed by atoms with Crippen LogP contribution < -0.4 is 15.2 Å². The van der Waals surface area contributed by atoms with Gasteiger partial charge in [-0.3, -0.25) is 0 Å². The molecular formula is C15H16IN3O2. The molecule has 2 aromatic rings. The summed E-state index contributed by atoms with van der Waals surface area (Å²) >= 11 is 2.19. The van der Waals surface area contributed by atoms with E-state index in [4.69, 9.17) is 15.2 Å². The van der Waals surface area contributed by atoms with Gasteiger partial charge < -0.3 is 15.2 Å². The summed E-state index contributed by atoms with van der Waals surface area (Å²) in [4.78, 5) is 8.99. The highest BCUT2D eigenvalue weighted by molar-refractivity contribution is 14.1. The molecule has 1 atom stereocenters. The highest BCUT2D eigenvalue weighted by Crippen LogP contribution is 2.35. The second kappa shape index (κ2) is 5.67. The van der Waals surface area contributed by atoms with Gasteiger partial charge in [0.25, 0.3) is 0 Å². The zero-order valence-electron chi connectivity index (χ0n) is 11.8. The van der Waals surface area contributed by atoms with Gasteiger partial charge in [-0.15, -0.1) is 0 Å². The summed E-state index contributed by atoms with van der Waals surface area (Å²) in [6, 6.07) is 7.58. The summed E-state index contributed by atoms with van der Waals surface area (Å²) in [5.41, 5.74) is 6.95. The summed E-state index contributed by atoms with van der Waals surface area (Å²) in [5.74, 6) is 2.80. The molecule has 1 aromatic heterocycles. The van der Waals surface area contributed by atoms with Gasteiger partial charge in [0.15, 0.2) is 23.4 Å². The predicted octanol–water partition coefficient (Wildman–Crippen LogP) is 3.30. The maximum atomic E-state index is 6.01. The first-order valence-electron chi connectivity index (χ1n) is 6.77. The number of aromatic nitrogens is 2. The number of hydrogen-bond acceptors (Lipinski definition) is 5. The molecule has 0 amide bonds. The van der Waals surface area contributed by atoms with Crippen LogP contribution in [-0.2, 0) is 0 Å². The van der Waals surface area contributed by atoms with Gasteiger partial charge in [-0.25, -0.2) is 9.97 Å². The van der Waals surface area contributed by atoms with Gasteiger partial charge >= 0.3 is 0 Å². The van der Waals surface area contributed by atoms with E-state index in [-0.39, 0.29) is 12.0 Å². The molecule has 2 N–H and O–H groups in total. The van der Waals surface area contributed by atoms with Crippen molar-refractivity contribution in [3.63, 3.8) is 0 Å². The molecule has 3 rings (SSSR count). The van der Waals surface area contributed by atoms with Crippen molar-refractivity contribution in [3.8, 4) is 11.5 Å². The molecule has 110 valence electrons. The maximum Gasteiger partial charge on any atom is 0.192 e. The second-order valence-electron chi connectivity index (χ2n) is 5.19. The quantitative estimate of drug-likeness (QED) is 0.788. The molecule has 0 aliphatic carbocycles. The minimum Gasteiger partial charge on any atom is -0.485 e. The summed E-state index contributed by atoms with van der Waals surface area (Å²) < 4.78 is 12.6. The van der Waals surface area contributed by atoms with Crippen LogP contribution in [0.2, 0.25) is 0 Å². The first-order valence-corrected chi connectivity index (χ1v) is 7.85. The SMILES string of the molecule is CC(C)c1nc(C2COc3ccccc3O2)nc(N)c1I. The number of nitrogens with two attached hydrogens (primary N) is 1. The molecule has 0 saturated carbocycles. The zero-order chi connectivity index (χ0) is 15.0. The lowest BCUT2D eigenvalue weighted by molar-refractivity contribution is 0.0849. The Bertz CT molecular complexity index is 676. The van der Waals surface area contributed by atoms with Gasteiger partial charge in [-0.05, 0) is 40.6 Å². The molecule has 0 radical (unpaired) electrons. The number of nitrogens with zero attached hydrogens (tertiary/aromatic N) is 2. The molecule has 0 saturated heterocycles. The van der Waals surface area contributed by atoms with Crippen LogP contribution in [0.4, 0.5) is 5.82 Å². The van der Waals surface area contributed by atoms with Crippen LogP contribution in [0.15, 0.2) is 24.3 Å². The molecule has 1 aromatic carbocycles. The van der Waals surface area contributed by atoms with E-state index in [0.29, 0.717) is 24.0 Å². The number of para-hydroxylation sites is 2. The topological polar surface area (TPSA) is 70.3 Å². The predicted molar refractivity (Wildman–Crippen MR) is 88.6 cm³/mol. The standard InChI is InChI=1S/C15H16IN3O2/c1-8(2)13-12(16)14(17)19-15(18-13)11-7-20-9-5-3-4-6-10(9)21-11/h3-6,8,11H,7H2,1-2H3,(H2,17,18,19). The Morgan fingerprint density at radius 1 is 1.24 bits per heavy atom. The largest absolute Gasteiger partial charge is 0.485 e. The lowest BCUT2D eigenvalue weighted by atomic mass is 10.1. The van der Waals surface area contributed by atoms with E-state index in [1.165, 1.54) is 0 Å². The Morgan fingerprint density at radius 3 is 2.67 bits per heavy atom. The van der Waals surface area contributed by atoms with Crippen molar-refractivity contribution >= 4 is 28.4 Å². The van der Waals surface area contributed by atoms with Gasteiger partial charge in [0.05, 0.1) is 9.26 Å². The molecule has 1 aliphatic rings. The number of ether oxygens (including phenoxy) is 2. The molecule has 5 nitrogen and oxygen atoms in total. The van der Waals surface area contributed by atoms with Crippen molar-refractivity contribution in [1.82, 2.24) is 9.97 Å². The smallest absolute Gasteiger partial charge is 0.192 e. The van der Waals surface area contributed by atoms with Crippen molar-refractivity contribution in [2.75, 3.05) is 12.3 Å². The number of rotatable bonds is 2. The molecule has 1 unspecified atom stereocenters. The third kappa shape index (κ3) is 2.76. The number of hydrogen-bond donors (Lipinski definition) is 1. The van der Waals surface area contributed by atoms with Gasteiger partial charge in [-0.1, -0.05) is 26.0 Å². The Hall–Kier alpha value is -1.57. The van der Waals surface area contributed by atoms with Crippen LogP contribution in [-0.4, -0.2) is 16.6 Å². The Morgan fingerprint density at radius 2 is 1.95 bits per heavy atom. The van der Waals surface area contributed by atoms with Crippen LogP contribution in [0.5, 0.6) is 11.5 Å². The molecule has 0 fully saturated rings. The second-order valence-corrected chi connectivity index (χ2v) is 6.26. The number of halogens is 1. The molecule has 2 heterocycles. The highest BCUT2D eigenvalue weighted by Gasteiger charge is 2.26. The van der Waals surface area contributed by atoms with Crippen molar-refractivity contribution in [2.45, 2.75) is 25.9 Å². The van der Waals surface area contributed by atoms with Crippen LogP contribution in [0.3, 0.4) is 0 Å². The minimum atomic E-state index is -0.336. The molecule has 1 aliphatic heterocycles. The van der Waals surface area contributed by atoms with Crippen LogP contribution >= 0.6 is 22.6 Å². The van der Waals surface area contributed by atoms with E-state index in [0.717, 1.165) is 15.0 Å². The van der Waals surface area contributed by atoms with Crippen LogP contribution in [0.25, 0.3) is 0 Å². The summed E-state index contributed by atoms with van der Waals surface area (Å²) in [6.45, 7) is 4.55. The monoisotopic (exact) mass is 397 g/mol. The van der Waals surface area contributed by atoms with E-state index >= 15 is 0 Å². The lowest BCUT2D eigenvalue weighted by Gasteiger charge is -2.26. The third-order valence-corrected chi connectivity index (χ3v) is 4.37. The highest BCUT2D eigenvalue weighted by atomic mass is 127. The summed E-state index contributed by atoms with van der Waals surface area (Å²) in [6.07, 6.45) is -0.336.